The lowest BCUT2D eigenvalue weighted by Gasteiger charge is -2.53. The Hall–Kier alpha value is -1.26. The molecule has 7 nitrogen and oxygen atoms in total. The van der Waals surface area contributed by atoms with Crippen LogP contribution < -0.4 is 5.32 Å². The zero-order valence-corrected chi connectivity index (χ0v) is 22.8. The van der Waals surface area contributed by atoms with Crippen LogP contribution in [0.5, 0.6) is 0 Å². The molecule has 2 aliphatic rings. The van der Waals surface area contributed by atoms with Crippen LogP contribution in [0.4, 0.5) is 5.13 Å². The van der Waals surface area contributed by atoms with Gasteiger partial charge in [0.05, 0.1) is 22.5 Å². The van der Waals surface area contributed by atoms with Gasteiger partial charge in [-0.05, 0) is 82.2 Å². The molecule has 2 fully saturated rings. The third-order valence-electron chi connectivity index (χ3n) is 7.18. The minimum Gasteiger partial charge on any atom is -0.301 e. The second-order valence-electron chi connectivity index (χ2n) is 10.9. The molecule has 10 heteroatoms. The summed E-state index contributed by atoms with van der Waals surface area (Å²) in [5.41, 5.74) is 0.470. The monoisotopic (exact) mass is 526 g/mol. The van der Waals surface area contributed by atoms with Crippen molar-refractivity contribution < 1.29 is 13.2 Å². The van der Waals surface area contributed by atoms with E-state index in [0.29, 0.717) is 23.2 Å². The first kappa shape index (κ1) is 25.8. The third kappa shape index (κ3) is 5.75. The molecule has 0 bridgehead atoms. The van der Waals surface area contributed by atoms with E-state index in [2.05, 4.69) is 15.2 Å². The maximum absolute atomic E-state index is 13.2. The predicted octanol–water partition coefficient (Wildman–Crippen LogP) is 4.83. The number of halogens is 1. The molecule has 1 N–H and O–H groups in total. The fourth-order valence-corrected chi connectivity index (χ4v) is 8.68. The molecule has 1 aromatic carbocycles. The number of nitrogens with zero attached hydrogens (tertiary/aromatic N) is 3. The predicted molar refractivity (Wildman–Crippen MR) is 140 cm³/mol. The molecule has 1 spiro atoms. The number of likely N-dealkylation sites (tertiary alicyclic amines) is 1. The molecule has 2 aromatic rings. The van der Waals surface area contributed by atoms with Crippen molar-refractivity contribution in [3.63, 3.8) is 0 Å². The van der Waals surface area contributed by atoms with E-state index in [1.165, 1.54) is 11.3 Å². The van der Waals surface area contributed by atoms with Gasteiger partial charge < -0.3 is 5.32 Å². The van der Waals surface area contributed by atoms with Crippen LogP contribution in [0.15, 0.2) is 18.2 Å². The number of rotatable bonds is 6. The van der Waals surface area contributed by atoms with Gasteiger partial charge in [-0.15, -0.1) is 0 Å². The number of hydrogen-bond donors (Lipinski definition) is 1. The van der Waals surface area contributed by atoms with Gasteiger partial charge in [-0.3, -0.25) is 9.69 Å². The van der Waals surface area contributed by atoms with Crippen LogP contribution in [0.1, 0.15) is 53.4 Å². The van der Waals surface area contributed by atoms with Crippen LogP contribution in [0, 0.1) is 11.3 Å². The molecule has 2 aliphatic heterocycles. The Bertz CT molecular complexity index is 1150. The van der Waals surface area contributed by atoms with Crippen molar-refractivity contribution in [2.24, 2.45) is 11.3 Å². The number of piperidine rings is 2. The number of hydrogen-bond acceptors (Lipinski definition) is 6. The number of carbonyl (C=O) groups excluding carboxylic acids is 1. The molecule has 0 aliphatic carbocycles. The summed E-state index contributed by atoms with van der Waals surface area (Å²) in [4.78, 5) is 19.3. The Morgan fingerprint density at radius 3 is 2.59 bits per heavy atom. The van der Waals surface area contributed by atoms with Crippen LogP contribution in [0.3, 0.4) is 0 Å². The second-order valence-corrected chi connectivity index (χ2v) is 14.4. The van der Waals surface area contributed by atoms with Gasteiger partial charge in [0.15, 0.2) is 5.13 Å². The van der Waals surface area contributed by atoms with Crippen molar-refractivity contribution in [2.45, 2.75) is 58.9 Å². The van der Waals surface area contributed by atoms with E-state index in [1.54, 1.807) is 10.4 Å². The van der Waals surface area contributed by atoms with E-state index in [0.717, 1.165) is 49.0 Å². The first-order valence-electron chi connectivity index (χ1n) is 12.0. The number of thiazole rings is 1. The van der Waals surface area contributed by atoms with Gasteiger partial charge in [0.2, 0.25) is 15.9 Å². The van der Waals surface area contributed by atoms with Crippen molar-refractivity contribution in [1.82, 2.24) is 14.2 Å². The van der Waals surface area contributed by atoms with E-state index >= 15 is 0 Å². The van der Waals surface area contributed by atoms with Gasteiger partial charge in [0.1, 0.15) is 0 Å². The largest absolute Gasteiger partial charge is 0.301 e. The number of amides is 1. The zero-order chi connectivity index (χ0) is 24.7. The Balaban J connectivity index is 1.35. The smallest absolute Gasteiger partial charge is 0.240 e. The molecule has 0 radical (unpaired) electrons. The summed E-state index contributed by atoms with van der Waals surface area (Å²) in [5, 5.41) is 4.15. The number of benzene rings is 1. The quantitative estimate of drug-likeness (QED) is 0.583. The summed E-state index contributed by atoms with van der Waals surface area (Å²) in [7, 11) is -3.31. The van der Waals surface area contributed by atoms with Crippen molar-refractivity contribution >= 4 is 54.2 Å². The van der Waals surface area contributed by atoms with Crippen molar-refractivity contribution in [1.29, 1.82) is 0 Å². The van der Waals surface area contributed by atoms with E-state index in [1.807, 2.05) is 39.8 Å². The number of carbonyl (C=O) groups is 1. The number of fused-ring (bicyclic) bond motifs is 1. The molecular weight excluding hydrogens is 492 g/mol. The molecule has 4 rings (SSSR count). The SMILES string of the molecule is CC(C)CS(=O)(=O)N1CC2(CCN(CC(=O)Nc3nc4ccc(Cl)cc4s3)CC2)CCC1(C)C. The lowest BCUT2D eigenvalue weighted by atomic mass is 9.69. The first-order chi connectivity index (χ1) is 15.9. The van der Waals surface area contributed by atoms with Crippen LogP contribution in [-0.2, 0) is 14.8 Å². The van der Waals surface area contributed by atoms with E-state index in [9.17, 15) is 13.2 Å². The highest BCUT2D eigenvalue weighted by Crippen LogP contribution is 2.46. The summed E-state index contributed by atoms with van der Waals surface area (Å²) >= 11 is 7.46. The minimum atomic E-state index is -3.31. The highest BCUT2D eigenvalue weighted by atomic mass is 35.5. The summed E-state index contributed by atoms with van der Waals surface area (Å²) in [6.45, 7) is 10.5. The normalized spacial score (nSPS) is 21.4. The van der Waals surface area contributed by atoms with Gasteiger partial charge in [-0.1, -0.05) is 36.8 Å². The average molecular weight is 527 g/mol. The molecule has 0 unspecified atom stereocenters. The first-order valence-corrected chi connectivity index (χ1v) is 14.8. The Morgan fingerprint density at radius 1 is 1.21 bits per heavy atom. The summed E-state index contributed by atoms with van der Waals surface area (Å²) in [6, 6.07) is 5.49. The van der Waals surface area contributed by atoms with Crippen LogP contribution in [0.25, 0.3) is 10.2 Å². The highest BCUT2D eigenvalue weighted by molar-refractivity contribution is 7.89. The van der Waals surface area contributed by atoms with Gasteiger partial charge in [-0.2, -0.15) is 4.31 Å². The minimum absolute atomic E-state index is 0.00115. The fourth-order valence-electron chi connectivity index (χ4n) is 5.19. The Morgan fingerprint density at radius 2 is 1.91 bits per heavy atom. The summed E-state index contributed by atoms with van der Waals surface area (Å²) in [5.74, 6) is 0.218. The maximum atomic E-state index is 13.2. The fraction of sp³-hybridized carbons (Fsp3) is 0.667. The molecule has 0 saturated carbocycles. The lowest BCUT2D eigenvalue weighted by Crippen LogP contribution is -2.59. The summed E-state index contributed by atoms with van der Waals surface area (Å²) in [6.07, 6.45) is 3.71. The van der Waals surface area contributed by atoms with Crippen LogP contribution in [0.2, 0.25) is 5.02 Å². The molecule has 3 heterocycles. The van der Waals surface area contributed by atoms with Crippen LogP contribution in [-0.4, -0.2) is 66.0 Å². The molecule has 34 heavy (non-hydrogen) atoms. The maximum Gasteiger partial charge on any atom is 0.240 e. The second kappa shape index (κ2) is 9.65. The van der Waals surface area contributed by atoms with E-state index < -0.39 is 10.0 Å². The van der Waals surface area contributed by atoms with Crippen molar-refractivity contribution in [3.8, 4) is 0 Å². The van der Waals surface area contributed by atoms with Crippen LogP contribution >= 0.6 is 22.9 Å². The molecular formula is C24H35ClN4O3S2. The average Bonchev–Trinajstić information content (AvgIpc) is 3.12. The third-order valence-corrected chi connectivity index (χ3v) is 10.7. The molecule has 2 saturated heterocycles. The topological polar surface area (TPSA) is 82.6 Å². The van der Waals surface area contributed by atoms with Crippen molar-refractivity contribution in [2.75, 3.05) is 37.2 Å². The number of aromatic nitrogens is 1. The highest BCUT2D eigenvalue weighted by Gasteiger charge is 2.48. The van der Waals surface area contributed by atoms with Gasteiger partial charge in [0.25, 0.3) is 0 Å². The van der Waals surface area contributed by atoms with Crippen molar-refractivity contribution in [3.05, 3.63) is 23.2 Å². The number of nitrogens with one attached hydrogen (secondary N) is 1. The van der Waals surface area contributed by atoms with Gasteiger partial charge in [0, 0.05) is 17.1 Å². The standard InChI is InChI=1S/C24H35ClN4O3S2/c1-17(2)15-34(31,32)29-16-24(8-7-23(29,3)4)9-11-28(12-10-24)14-21(30)27-22-26-19-6-5-18(25)13-20(19)33-22/h5-6,13,17H,7-12,14-16H2,1-4H3,(H,26,27,30). The Kier molecular flexibility index (Phi) is 7.33. The van der Waals surface area contributed by atoms with E-state index in [4.69, 9.17) is 11.6 Å². The lowest BCUT2D eigenvalue weighted by molar-refractivity contribution is -0.118. The number of anilines is 1. The van der Waals surface area contributed by atoms with Gasteiger partial charge >= 0.3 is 0 Å². The van der Waals surface area contributed by atoms with E-state index in [-0.39, 0.29) is 28.5 Å². The molecule has 1 amide bonds. The molecule has 1 aromatic heterocycles. The van der Waals surface area contributed by atoms with Gasteiger partial charge in [-0.25, -0.2) is 13.4 Å². The molecule has 0 atom stereocenters. The number of sulfonamides is 1. The Labute approximate surface area is 211 Å². The molecule has 188 valence electrons. The summed E-state index contributed by atoms with van der Waals surface area (Å²) < 4.78 is 29.0. The zero-order valence-electron chi connectivity index (χ0n) is 20.4.